The molecule has 8 nitrogen and oxygen atoms in total. The Bertz CT molecular complexity index is 1150. The van der Waals surface area contributed by atoms with Crippen molar-refractivity contribution in [2.75, 3.05) is 6.61 Å². The monoisotopic (exact) mass is 471 g/mol. The van der Waals surface area contributed by atoms with E-state index in [1.807, 2.05) is 6.92 Å². The van der Waals surface area contributed by atoms with E-state index in [2.05, 4.69) is 18.8 Å². The zero-order chi connectivity index (χ0) is 25.0. The van der Waals surface area contributed by atoms with Gasteiger partial charge in [0, 0.05) is 12.8 Å². The molecule has 8 heteroatoms. The lowest BCUT2D eigenvalue weighted by Crippen LogP contribution is -2.65. The van der Waals surface area contributed by atoms with Crippen LogP contribution in [0.5, 0.6) is 0 Å². The van der Waals surface area contributed by atoms with Gasteiger partial charge in [-0.25, -0.2) is 9.78 Å². The van der Waals surface area contributed by atoms with Gasteiger partial charge in [-0.15, -0.1) is 0 Å². The van der Waals surface area contributed by atoms with Crippen LogP contribution in [0.25, 0.3) is 0 Å². The molecule has 4 aliphatic rings. The number of allylic oxidation sites excluding steroid dienone is 1. The molecule has 2 saturated carbocycles. The topological polar surface area (TPSA) is 130 Å². The molecule has 1 heterocycles. The molecule has 8 atom stereocenters. The highest BCUT2D eigenvalue weighted by Gasteiger charge is 2.76. The maximum atomic E-state index is 14.3. The van der Waals surface area contributed by atoms with Crippen LogP contribution in [0.3, 0.4) is 0 Å². The van der Waals surface area contributed by atoms with E-state index in [-0.39, 0.29) is 46.0 Å². The average Bonchev–Trinajstić information content (AvgIpc) is 3.04. The second-order valence-electron chi connectivity index (χ2n) is 11.3. The summed E-state index contributed by atoms with van der Waals surface area (Å²) in [5.74, 6) is -0.934. The summed E-state index contributed by atoms with van der Waals surface area (Å²) in [7, 11) is 0. The number of aliphatic hydroxyl groups excluding tert-OH is 2. The number of hydrogen-bond acceptors (Lipinski definition) is 8. The number of aryl methyl sites for hydroxylation is 2. The van der Waals surface area contributed by atoms with Crippen LogP contribution in [0.1, 0.15) is 56.3 Å². The van der Waals surface area contributed by atoms with Crippen LogP contribution in [0.2, 0.25) is 0 Å². The van der Waals surface area contributed by atoms with Gasteiger partial charge in [0.2, 0.25) is 0 Å². The smallest absolute Gasteiger partial charge is 0.361 e. The van der Waals surface area contributed by atoms with E-state index < -0.39 is 41.7 Å². The number of rotatable bonds is 3. The summed E-state index contributed by atoms with van der Waals surface area (Å²) in [6, 6.07) is 0. The molecule has 4 aliphatic carbocycles. The molecular formula is C26H33NO7. The molecule has 2 bridgehead atoms. The van der Waals surface area contributed by atoms with Gasteiger partial charge >= 0.3 is 5.97 Å². The van der Waals surface area contributed by atoms with Gasteiger partial charge in [0.15, 0.2) is 29.1 Å². The van der Waals surface area contributed by atoms with E-state index in [1.165, 1.54) is 0 Å². The van der Waals surface area contributed by atoms with Crippen LogP contribution >= 0.6 is 0 Å². The summed E-state index contributed by atoms with van der Waals surface area (Å²) in [5, 5.41) is 34.0. The zero-order valence-corrected chi connectivity index (χ0v) is 20.5. The minimum Gasteiger partial charge on any atom is -0.450 e. The van der Waals surface area contributed by atoms with Gasteiger partial charge in [0.05, 0.1) is 12.0 Å². The molecule has 5 rings (SSSR count). The summed E-state index contributed by atoms with van der Waals surface area (Å²) >= 11 is 0. The first kappa shape index (κ1) is 23.5. The van der Waals surface area contributed by atoms with Crippen molar-refractivity contribution in [1.29, 1.82) is 0 Å². The van der Waals surface area contributed by atoms with Crippen molar-refractivity contribution in [3.8, 4) is 0 Å². The third kappa shape index (κ3) is 2.67. The van der Waals surface area contributed by atoms with Crippen LogP contribution in [0.15, 0.2) is 27.7 Å². The summed E-state index contributed by atoms with van der Waals surface area (Å²) in [6.07, 6.45) is 1.17. The van der Waals surface area contributed by atoms with Crippen molar-refractivity contribution in [2.45, 2.75) is 65.8 Å². The summed E-state index contributed by atoms with van der Waals surface area (Å²) in [5.41, 5.74) is -3.03. The molecule has 0 aliphatic heterocycles. The van der Waals surface area contributed by atoms with Gasteiger partial charge in [0.25, 0.3) is 0 Å². The Morgan fingerprint density at radius 1 is 1.29 bits per heavy atom. The molecule has 1 aromatic rings. The Balaban J connectivity index is 1.64. The Hall–Kier alpha value is -2.29. The number of Topliss-reactive ketones (excluding diaryl/α,β-unsaturated/α-hetero) is 1. The van der Waals surface area contributed by atoms with Gasteiger partial charge in [-0.05, 0) is 54.6 Å². The molecule has 0 aromatic carbocycles. The van der Waals surface area contributed by atoms with Gasteiger partial charge in [-0.1, -0.05) is 32.9 Å². The van der Waals surface area contributed by atoms with Crippen molar-refractivity contribution >= 4 is 11.8 Å². The minimum atomic E-state index is -2.17. The fourth-order valence-corrected chi connectivity index (χ4v) is 7.47. The highest BCUT2D eigenvalue weighted by atomic mass is 16.6. The number of ketones is 1. The van der Waals surface area contributed by atoms with E-state index in [1.54, 1.807) is 32.9 Å². The van der Waals surface area contributed by atoms with Gasteiger partial charge in [-0.2, -0.15) is 0 Å². The number of oxazole rings is 1. The second kappa shape index (κ2) is 7.12. The molecule has 1 aromatic heterocycles. The molecular weight excluding hydrogens is 438 g/mol. The van der Waals surface area contributed by atoms with Crippen molar-refractivity contribution in [2.24, 2.45) is 34.5 Å². The number of nitrogens with zero attached hydrogens (tertiary/aromatic N) is 1. The van der Waals surface area contributed by atoms with Crippen LogP contribution in [0, 0.1) is 48.3 Å². The fourth-order valence-electron chi connectivity index (χ4n) is 7.47. The largest absolute Gasteiger partial charge is 0.450 e. The first-order valence-electron chi connectivity index (χ1n) is 11.9. The summed E-state index contributed by atoms with van der Waals surface area (Å²) < 4.78 is 11.1. The lowest BCUT2D eigenvalue weighted by molar-refractivity contribution is -0.190. The van der Waals surface area contributed by atoms with Crippen LogP contribution in [-0.4, -0.2) is 56.5 Å². The quantitative estimate of drug-likeness (QED) is 0.452. The lowest BCUT2D eigenvalue weighted by atomic mass is 9.59. The normalized spacial score (nSPS) is 42.1. The molecule has 2 fully saturated rings. The van der Waals surface area contributed by atoms with Gasteiger partial charge in [-0.3, -0.25) is 4.79 Å². The number of carbonyl (C=O) groups is 2. The van der Waals surface area contributed by atoms with Crippen molar-refractivity contribution in [1.82, 2.24) is 4.98 Å². The SMILES string of the molecule is CC1=CC23C(=O)[C@@H](C=C(CO)[C@@H](O)[C@]2(O)[C@H]1OC(=O)c1nc(C)oc1C)[C@H]1[C@@H](CC3C)C1(C)C. The second-order valence-corrected chi connectivity index (χ2v) is 11.3. The number of ether oxygens (including phenoxy) is 1. The van der Waals surface area contributed by atoms with E-state index in [4.69, 9.17) is 9.15 Å². The highest BCUT2D eigenvalue weighted by molar-refractivity contribution is 5.96. The predicted octanol–water partition coefficient (Wildman–Crippen LogP) is 2.28. The molecule has 34 heavy (non-hydrogen) atoms. The molecule has 2 unspecified atom stereocenters. The molecule has 3 N–H and O–H groups in total. The number of aliphatic hydroxyl groups is 3. The Morgan fingerprint density at radius 3 is 2.56 bits per heavy atom. The standard InChI is InChI=1S/C26H33NO7/c1-11-9-25-12(2)7-17-18(24(17,5)6)16(21(25)30)8-15(10-28)20(29)26(25,32)22(11)34-23(31)19-13(3)33-14(4)27-19/h8-9,12,16-18,20,22,28-29,32H,7,10H2,1-6H3/t12?,16-,17+,18-,20+,22-,25?,26-/m0/s1. The maximum Gasteiger partial charge on any atom is 0.361 e. The first-order valence-corrected chi connectivity index (χ1v) is 11.9. The Morgan fingerprint density at radius 2 is 1.97 bits per heavy atom. The third-order valence-electron chi connectivity index (χ3n) is 9.22. The number of fused-ring (bicyclic) bond motifs is 3. The fraction of sp³-hybridized carbons (Fsp3) is 0.654. The van der Waals surface area contributed by atoms with E-state index in [0.29, 0.717) is 17.9 Å². The summed E-state index contributed by atoms with van der Waals surface area (Å²) in [6.45, 7) is 10.6. The minimum absolute atomic E-state index is 0.0167. The molecule has 0 amide bonds. The lowest BCUT2D eigenvalue weighted by Gasteiger charge is -2.48. The molecule has 0 radical (unpaired) electrons. The van der Waals surface area contributed by atoms with Crippen molar-refractivity contribution < 1.29 is 34.1 Å². The Kier molecular flexibility index (Phi) is 4.91. The van der Waals surface area contributed by atoms with E-state index >= 15 is 0 Å². The number of esters is 1. The molecule has 0 saturated heterocycles. The predicted molar refractivity (Wildman–Crippen MR) is 121 cm³/mol. The van der Waals surface area contributed by atoms with Gasteiger partial charge < -0.3 is 24.5 Å². The average molecular weight is 472 g/mol. The van der Waals surface area contributed by atoms with Crippen molar-refractivity contribution in [3.63, 3.8) is 0 Å². The number of hydrogen-bond donors (Lipinski definition) is 3. The Labute approximate surface area is 198 Å². The van der Waals surface area contributed by atoms with Crippen LogP contribution in [0.4, 0.5) is 0 Å². The van der Waals surface area contributed by atoms with E-state index in [0.717, 1.165) is 0 Å². The van der Waals surface area contributed by atoms with Crippen LogP contribution < -0.4 is 0 Å². The highest BCUT2D eigenvalue weighted by Crippen LogP contribution is 2.71. The first-order chi connectivity index (χ1) is 15.8. The van der Waals surface area contributed by atoms with Crippen molar-refractivity contribution in [3.05, 3.63) is 40.6 Å². The third-order valence-corrected chi connectivity index (χ3v) is 9.22. The number of aromatic nitrogens is 1. The molecule has 184 valence electrons. The summed E-state index contributed by atoms with van der Waals surface area (Å²) in [4.78, 5) is 31.5. The van der Waals surface area contributed by atoms with Crippen LogP contribution in [-0.2, 0) is 9.53 Å². The van der Waals surface area contributed by atoms with E-state index in [9.17, 15) is 24.9 Å². The maximum absolute atomic E-state index is 14.3. The number of carbonyl (C=O) groups excluding carboxylic acids is 2. The molecule has 1 spiro atoms. The van der Waals surface area contributed by atoms with Gasteiger partial charge in [0.1, 0.15) is 11.9 Å². The zero-order valence-electron chi connectivity index (χ0n) is 20.5.